The summed E-state index contributed by atoms with van der Waals surface area (Å²) in [6.45, 7) is 6.36. The number of rotatable bonds is 3. The Labute approximate surface area is 120 Å². The lowest BCUT2D eigenvalue weighted by atomic mass is 10.1. The molecule has 98 valence electrons. The maximum absolute atomic E-state index is 4.63. The van der Waals surface area contributed by atoms with Gasteiger partial charge in [-0.05, 0) is 38.5 Å². The molecule has 0 saturated carbocycles. The third kappa shape index (κ3) is 2.48. The second kappa shape index (κ2) is 4.58. The Morgan fingerprint density at radius 1 is 1.26 bits per heavy atom. The molecule has 0 saturated heterocycles. The van der Waals surface area contributed by atoms with Crippen LogP contribution in [-0.2, 0) is 5.54 Å². The molecule has 19 heavy (non-hydrogen) atoms. The van der Waals surface area contributed by atoms with Gasteiger partial charge in [-0.3, -0.25) is 0 Å². The summed E-state index contributed by atoms with van der Waals surface area (Å²) in [7, 11) is 0. The first kappa shape index (κ1) is 12.6. The highest BCUT2D eigenvalue weighted by Crippen LogP contribution is 2.32. The van der Waals surface area contributed by atoms with Gasteiger partial charge in [0.2, 0.25) is 0 Å². The van der Waals surface area contributed by atoms with Crippen LogP contribution in [0.2, 0.25) is 0 Å². The van der Waals surface area contributed by atoms with Crippen LogP contribution in [0.15, 0.2) is 29.8 Å². The van der Waals surface area contributed by atoms with Gasteiger partial charge in [0.15, 0.2) is 5.13 Å². The van der Waals surface area contributed by atoms with Gasteiger partial charge in [-0.1, -0.05) is 17.4 Å². The van der Waals surface area contributed by atoms with Crippen molar-refractivity contribution in [2.45, 2.75) is 26.3 Å². The first-order valence-corrected chi connectivity index (χ1v) is 7.79. The highest BCUT2D eigenvalue weighted by Gasteiger charge is 2.24. The lowest BCUT2D eigenvalue weighted by Gasteiger charge is -2.23. The van der Waals surface area contributed by atoms with E-state index < -0.39 is 0 Å². The van der Waals surface area contributed by atoms with Gasteiger partial charge in [-0.15, -0.1) is 11.3 Å². The topological polar surface area (TPSA) is 37.8 Å². The van der Waals surface area contributed by atoms with E-state index in [0.717, 1.165) is 15.7 Å². The fraction of sp³-hybridized carbons (Fsp3) is 0.286. The fourth-order valence-corrected chi connectivity index (χ4v) is 3.78. The minimum absolute atomic E-state index is 0.197. The number of hydrogen-bond donors (Lipinski definition) is 1. The van der Waals surface area contributed by atoms with Crippen LogP contribution in [0, 0.1) is 6.92 Å². The second-order valence-electron chi connectivity index (χ2n) is 5.08. The Morgan fingerprint density at radius 3 is 2.84 bits per heavy atom. The second-order valence-corrected chi connectivity index (χ2v) is 7.00. The molecule has 0 radical (unpaired) electrons. The summed E-state index contributed by atoms with van der Waals surface area (Å²) in [5, 5.41) is 7.50. The molecule has 0 aliphatic carbocycles. The maximum Gasteiger partial charge on any atom is 0.184 e. The standard InChI is InChI=1S/C14H15N3S2/c1-9-4-5-10-11(8-9)19-13(16-10)17-14(2,3)12-15-6-7-18-12/h4-8H,1-3H3,(H,16,17). The molecule has 2 aromatic heterocycles. The molecule has 1 aromatic carbocycles. The Morgan fingerprint density at radius 2 is 2.11 bits per heavy atom. The number of nitrogens with zero attached hydrogens (tertiary/aromatic N) is 2. The van der Waals surface area contributed by atoms with Crippen molar-refractivity contribution in [3.05, 3.63) is 40.3 Å². The van der Waals surface area contributed by atoms with Crippen LogP contribution in [0.1, 0.15) is 24.4 Å². The van der Waals surface area contributed by atoms with Crippen molar-refractivity contribution >= 4 is 38.0 Å². The predicted molar refractivity (Wildman–Crippen MR) is 83.1 cm³/mol. The molecule has 0 unspecified atom stereocenters. The molecule has 0 fully saturated rings. The van der Waals surface area contributed by atoms with Gasteiger partial charge in [0.05, 0.1) is 15.8 Å². The van der Waals surface area contributed by atoms with Crippen LogP contribution in [0.5, 0.6) is 0 Å². The molecule has 0 aliphatic rings. The molecule has 5 heteroatoms. The van der Waals surface area contributed by atoms with E-state index in [1.165, 1.54) is 10.3 Å². The number of hydrogen-bond acceptors (Lipinski definition) is 5. The van der Waals surface area contributed by atoms with Crippen LogP contribution in [-0.4, -0.2) is 9.97 Å². The van der Waals surface area contributed by atoms with Gasteiger partial charge in [-0.2, -0.15) is 0 Å². The molecular weight excluding hydrogens is 274 g/mol. The molecule has 1 N–H and O–H groups in total. The maximum atomic E-state index is 4.63. The average molecular weight is 289 g/mol. The molecule has 0 amide bonds. The minimum Gasteiger partial charge on any atom is -0.350 e. The highest BCUT2D eigenvalue weighted by atomic mass is 32.1. The van der Waals surface area contributed by atoms with Gasteiger partial charge in [0.1, 0.15) is 5.01 Å². The summed E-state index contributed by atoms with van der Waals surface area (Å²) in [5.41, 5.74) is 2.12. The van der Waals surface area contributed by atoms with E-state index >= 15 is 0 Å². The number of thiazole rings is 2. The summed E-state index contributed by atoms with van der Waals surface area (Å²) in [4.78, 5) is 9.02. The fourth-order valence-electron chi connectivity index (χ4n) is 1.94. The molecule has 0 spiro atoms. The third-order valence-electron chi connectivity index (χ3n) is 2.93. The number of nitrogens with one attached hydrogen (secondary N) is 1. The predicted octanol–water partition coefficient (Wildman–Crippen LogP) is 4.41. The first-order valence-electron chi connectivity index (χ1n) is 6.10. The Balaban J connectivity index is 1.93. The zero-order valence-corrected chi connectivity index (χ0v) is 12.7. The zero-order chi connectivity index (χ0) is 13.5. The molecule has 0 bridgehead atoms. The van der Waals surface area contributed by atoms with E-state index in [4.69, 9.17) is 0 Å². The Hall–Kier alpha value is -1.46. The van der Waals surface area contributed by atoms with Gasteiger partial charge in [0, 0.05) is 11.6 Å². The Bertz CT molecular complexity index is 699. The van der Waals surface area contributed by atoms with E-state index in [1.807, 2.05) is 11.6 Å². The summed E-state index contributed by atoms with van der Waals surface area (Å²) in [6, 6.07) is 6.34. The normalized spacial score (nSPS) is 11.9. The molecule has 3 nitrogen and oxygen atoms in total. The summed E-state index contributed by atoms with van der Waals surface area (Å²) in [6.07, 6.45) is 1.84. The van der Waals surface area contributed by atoms with Crippen LogP contribution < -0.4 is 5.32 Å². The zero-order valence-electron chi connectivity index (χ0n) is 11.1. The highest BCUT2D eigenvalue weighted by molar-refractivity contribution is 7.22. The Kier molecular flexibility index (Phi) is 3.03. The molecular formula is C14H15N3S2. The summed E-state index contributed by atoms with van der Waals surface area (Å²) < 4.78 is 1.22. The number of benzene rings is 1. The molecule has 0 aliphatic heterocycles. The molecule has 2 heterocycles. The number of anilines is 1. The molecule has 3 rings (SSSR count). The SMILES string of the molecule is Cc1ccc2nc(NC(C)(C)c3nccs3)sc2c1. The van der Waals surface area contributed by atoms with Gasteiger partial charge < -0.3 is 5.32 Å². The lowest BCUT2D eigenvalue weighted by molar-refractivity contribution is 0.604. The van der Waals surface area contributed by atoms with Crippen molar-refractivity contribution < 1.29 is 0 Å². The molecule has 3 aromatic rings. The van der Waals surface area contributed by atoms with Crippen molar-refractivity contribution in [3.63, 3.8) is 0 Å². The first-order chi connectivity index (χ1) is 9.04. The van der Waals surface area contributed by atoms with E-state index in [2.05, 4.69) is 54.3 Å². The van der Waals surface area contributed by atoms with Crippen molar-refractivity contribution in [1.29, 1.82) is 0 Å². The summed E-state index contributed by atoms with van der Waals surface area (Å²) >= 11 is 3.35. The summed E-state index contributed by atoms with van der Waals surface area (Å²) in [5.74, 6) is 0. The van der Waals surface area contributed by atoms with Crippen LogP contribution in [0.3, 0.4) is 0 Å². The van der Waals surface area contributed by atoms with Crippen molar-refractivity contribution in [2.75, 3.05) is 5.32 Å². The largest absolute Gasteiger partial charge is 0.350 e. The van der Waals surface area contributed by atoms with Crippen molar-refractivity contribution in [1.82, 2.24) is 9.97 Å². The van der Waals surface area contributed by atoms with Crippen LogP contribution >= 0.6 is 22.7 Å². The quantitative estimate of drug-likeness (QED) is 0.776. The van der Waals surface area contributed by atoms with E-state index in [0.29, 0.717) is 0 Å². The number of aryl methyl sites for hydroxylation is 1. The van der Waals surface area contributed by atoms with Crippen molar-refractivity contribution in [2.24, 2.45) is 0 Å². The van der Waals surface area contributed by atoms with Gasteiger partial charge >= 0.3 is 0 Å². The van der Waals surface area contributed by atoms with E-state index in [1.54, 1.807) is 22.7 Å². The molecule has 0 atom stereocenters. The van der Waals surface area contributed by atoms with Crippen molar-refractivity contribution in [3.8, 4) is 0 Å². The monoisotopic (exact) mass is 289 g/mol. The number of aromatic nitrogens is 2. The smallest absolute Gasteiger partial charge is 0.184 e. The van der Waals surface area contributed by atoms with E-state index in [9.17, 15) is 0 Å². The van der Waals surface area contributed by atoms with Crippen LogP contribution in [0.25, 0.3) is 10.2 Å². The van der Waals surface area contributed by atoms with Gasteiger partial charge in [0.25, 0.3) is 0 Å². The van der Waals surface area contributed by atoms with Gasteiger partial charge in [-0.25, -0.2) is 9.97 Å². The van der Waals surface area contributed by atoms with E-state index in [-0.39, 0.29) is 5.54 Å². The van der Waals surface area contributed by atoms with Crippen LogP contribution in [0.4, 0.5) is 5.13 Å². The number of fused-ring (bicyclic) bond motifs is 1. The minimum atomic E-state index is -0.197. The third-order valence-corrected chi connectivity index (χ3v) is 4.96. The average Bonchev–Trinajstić information content (AvgIpc) is 2.95. The lowest BCUT2D eigenvalue weighted by Crippen LogP contribution is -2.27.